The third-order valence-electron chi connectivity index (χ3n) is 5.15. The van der Waals surface area contributed by atoms with Crippen LogP contribution in [0.2, 0.25) is 0 Å². The van der Waals surface area contributed by atoms with Gasteiger partial charge in [-0.15, -0.1) is 0 Å². The second-order valence-corrected chi connectivity index (χ2v) is 8.51. The normalized spacial score (nSPS) is 18.6. The molecule has 0 fully saturated rings. The number of halogens is 4. The maximum atomic E-state index is 14.2. The van der Waals surface area contributed by atoms with E-state index >= 15 is 0 Å². The van der Waals surface area contributed by atoms with E-state index in [0.717, 1.165) is 0 Å². The minimum Gasteiger partial charge on any atom is -0.374 e. The zero-order valence-corrected chi connectivity index (χ0v) is 19.1. The van der Waals surface area contributed by atoms with Crippen molar-refractivity contribution in [3.63, 3.8) is 0 Å². The van der Waals surface area contributed by atoms with Crippen molar-refractivity contribution in [2.24, 2.45) is 5.16 Å². The fourth-order valence-corrected chi connectivity index (χ4v) is 4.13. The lowest BCUT2D eigenvalue weighted by molar-refractivity contribution is -0.275. The standard InChI is InChI=1S/C21H21F3IN3O2/c1-13-8-16(11-17(25)9-13)20(21(22,23)24)12-19(26-30-20)15-6-5-7-18(10-15)28(4)27(3)14(2)29/h5-11H,12H2,1-4H3. The molecule has 3 rings (SSSR count). The molecule has 1 aliphatic heterocycles. The lowest BCUT2D eigenvalue weighted by atomic mass is 9.86. The molecule has 0 saturated carbocycles. The second kappa shape index (κ2) is 8.09. The Kier molecular flexibility index (Phi) is 6.03. The van der Waals surface area contributed by atoms with E-state index in [1.165, 1.54) is 24.1 Å². The van der Waals surface area contributed by atoms with E-state index in [9.17, 15) is 18.0 Å². The van der Waals surface area contributed by atoms with Crippen molar-refractivity contribution in [1.29, 1.82) is 0 Å². The molecule has 1 aliphatic rings. The van der Waals surface area contributed by atoms with Gasteiger partial charge in [0.2, 0.25) is 5.91 Å². The third kappa shape index (κ3) is 4.12. The SMILES string of the molecule is CC(=O)N(C)N(C)c1cccc(C2=NOC(c3cc(C)cc(I)c3)(C(F)(F)F)C2)c1. The number of nitrogens with zero attached hydrogens (tertiary/aromatic N) is 3. The highest BCUT2D eigenvalue weighted by Gasteiger charge is 2.62. The number of hydrazine groups is 1. The van der Waals surface area contributed by atoms with E-state index in [4.69, 9.17) is 4.84 Å². The topological polar surface area (TPSA) is 45.1 Å². The summed E-state index contributed by atoms with van der Waals surface area (Å²) in [5, 5.41) is 6.85. The Bertz CT molecular complexity index is 989. The van der Waals surface area contributed by atoms with E-state index in [-0.39, 0.29) is 17.2 Å². The Balaban J connectivity index is 1.97. The Hall–Kier alpha value is -2.30. The number of rotatable bonds is 4. The predicted molar refractivity (Wildman–Crippen MR) is 117 cm³/mol. The predicted octanol–water partition coefficient (Wildman–Crippen LogP) is 5.01. The molecule has 9 heteroatoms. The van der Waals surface area contributed by atoms with Gasteiger partial charge in [-0.25, -0.2) is 0 Å². The van der Waals surface area contributed by atoms with Crippen LogP contribution in [0, 0.1) is 10.5 Å². The lowest BCUT2D eigenvalue weighted by Gasteiger charge is -2.30. The molecular formula is C21H21F3IN3O2. The highest BCUT2D eigenvalue weighted by atomic mass is 127. The van der Waals surface area contributed by atoms with Gasteiger partial charge in [0.25, 0.3) is 5.60 Å². The van der Waals surface area contributed by atoms with Gasteiger partial charge in [0.15, 0.2) is 0 Å². The number of hydrogen-bond acceptors (Lipinski definition) is 4. The highest BCUT2D eigenvalue weighted by molar-refractivity contribution is 14.1. The van der Waals surface area contributed by atoms with Gasteiger partial charge < -0.3 is 4.84 Å². The van der Waals surface area contributed by atoms with Crippen molar-refractivity contribution in [2.75, 3.05) is 19.1 Å². The summed E-state index contributed by atoms with van der Waals surface area (Å²) in [5.74, 6) is -0.172. The molecule has 0 spiro atoms. The van der Waals surface area contributed by atoms with E-state index in [2.05, 4.69) is 5.16 Å². The summed E-state index contributed by atoms with van der Waals surface area (Å²) in [6.07, 6.45) is -5.09. The van der Waals surface area contributed by atoms with Crippen molar-refractivity contribution >= 4 is 39.9 Å². The van der Waals surface area contributed by atoms with E-state index < -0.39 is 18.2 Å². The first-order valence-electron chi connectivity index (χ1n) is 9.12. The number of carbonyl (C=O) groups excluding carboxylic acids is 1. The maximum Gasteiger partial charge on any atom is 0.435 e. The van der Waals surface area contributed by atoms with Crippen LogP contribution < -0.4 is 5.01 Å². The summed E-state index contributed by atoms with van der Waals surface area (Å²) in [6, 6.07) is 11.6. The number of carbonyl (C=O) groups is 1. The van der Waals surface area contributed by atoms with Gasteiger partial charge in [-0.2, -0.15) is 13.2 Å². The van der Waals surface area contributed by atoms with Crippen LogP contribution in [0.4, 0.5) is 18.9 Å². The number of amides is 1. The largest absolute Gasteiger partial charge is 0.435 e. The molecule has 160 valence electrons. The van der Waals surface area contributed by atoms with Crippen LogP contribution in [-0.2, 0) is 15.2 Å². The Morgan fingerprint density at radius 1 is 1.20 bits per heavy atom. The molecule has 5 nitrogen and oxygen atoms in total. The van der Waals surface area contributed by atoms with Gasteiger partial charge in [0, 0.05) is 42.1 Å². The third-order valence-corrected chi connectivity index (χ3v) is 5.78. The van der Waals surface area contributed by atoms with Crippen LogP contribution in [0.3, 0.4) is 0 Å². The van der Waals surface area contributed by atoms with Crippen molar-refractivity contribution in [3.8, 4) is 0 Å². The van der Waals surface area contributed by atoms with Gasteiger partial charge >= 0.3 is 6.18 Å². The summed E-state index contributed by atoms with van der Waals surface area (Å²) in [5.41, 5.74) is -0.445. The lowest BCUT2D eigenvalue weighted by Crippen LogP contribution is -2.42. The Labute approximate surface area is 186 Å². The summed E-state index contributed by atoms with van der Waals surface area (Å²) in [6.45, 7) is 3.17. The first kappa shape index (κ1) is 22.4. The zero-order valence-electron chi connectivity index (χ0n) is 16.9. The van der Waals surface area contributed by atoms with Gasteiger partial charge in [0.05, 0.1) is 11.4 Å². The van der Waals surface area contributed by atoms with Gasteiger partial charge in [-0.3, -0.25) is 14.8 Å². The molecule has 0 aliphatic carbocycles. The molecule has 1 atom stereocenters. The summed E-state index contributed by atoms with van der Waals surface area (Å²) < 4.78 is 43.3. The van der Waals surface area contributed by atoms with Crippen LogP contribution in [0.5, 0.6) is 0 Å². The average Bonchev–Trinajstić information content (AvgIpc) is 3.13. The molecule has 2 aromatic rings. The maximum absolute atomic E-state index is 14.2. The first-order valence-corrected chi connectivity index (χ1v) is 10.2. The van der Waals surface area contributed by atoms with Crippen LogP contribution in [-0.4, -0.2) is 36.9 Å². The first-order chi connectivity index (χ1) is 13.9. The molecule has 1 amide bonds. The van der Waals surface area contributed by atoms with Crippen LogP contribution in [0.25, 0.3) is 0 Å². The number of oxime groups is 1. The van der Waals surface area contributed by atoms with Crippen LogP contribution >= 0.6 is 22.6 Å². The monoisotopic (exact) mass is 531 g/mol. The zero-order chi connectivity index (χ0) is 22.3. The smallest absolute Gasteiger partial charge is 0.374 e. The molecule has 0 radical (unpaired) electrons. The molecule has 1 unspecified atom stereocenters. The van der Waals surface area contributed by atoms with Crippen LogP contribution in [0.1, 0.15) is 30.0 Å². The highest BCUT2D eigenvalue weighted by Crippen LogP contribution is 2.49. The quantitative estimate of drug-likeness (QED) is 0.412. The van der Waals surface area contributed by atoms with Gasteiger partial charge in [-0.1, -0.05) is 23.4 Å². The van der Waals surface area contributed by atoms with E-state index in [1.807, 2.05) is 22.6 Å². The number of benzene rings is 2. The van der Waals surface area contributed by atoms with Crippen molar-refractivity contribution in [2.45, 2.75) is 32.0 Å². The fourth-order valence-electron chi connectivity index (χ4n) is 3.30. The summed E-state index contributed by atoms with van der Waals surface area (Å²) >= 11 is 1.99. The molecule has 0 N–H and O–H groups in total. The molecule has 1 heterocycles. The molecular weight excluding hydrogens is 510 g/mol. The molecule has 2 aromatic carbocycles. The number of alkyl halides is 3. The number of hydrogen-bond donors (Lipinski definition) is 0. The van der Waals surface area contributed by atoms with Crippen molar-refractivity contribution in [1.82, 2.24) is 5.01 Å². The van der Waals surface area contributed by atoms with Crippen molar-refractivity contribution in [3.05, 3.63) is 62.7 Å². The van der Waals surface area contributed by atoms with Gasteiger partial charge in [0.1, 0.15) is 0 Å². The van der Waals surface area contributed by atoms with Crippen molar-refractivity contribution < 1.29 is 22.8 Å². The fraction of sp³-hybridized carbons (Fsp3) is 0.333. The van der Waals surface area contributed by atoms with Crippen LogP contribution in [0.15, 0.2) is 47.6 Å². The average molecular weight is 531 g/mol. The molecule has 30 heavy (non-hydrogen) atoms. The van der Waals surface area contributed by atoms with E-state index in [1.54, 1.807) is 56.4 Å². The minimum atomic E-state index is -4.65. The Morgan fingerprint density at radius 3 is 2.50 bits per heavy atom. The van der Waals surface area contributed by atoms with Gasteiger partial charge in [-0.05, 0) is 59.3 Å². The molecule has 0 saturated heterocycles. The Morgan fingerprint density at radius 2 is 1.90 bits per heavy atom. The minimum absolute atomic E-state index is 0.0303. The number of aryl methyl sites for hydroxylation is 1. The molecule has 0 aromatic heterocycles. The second-order valence-electron chi connectivity index (χ2n) is 7.26. The summed E-state index contributed by atoms with van der Waals surface area (Å²) in [7, 11) is 3.31. The molecule has 0 bridgehead atoms. The summed E-state index contributed by atoms with van der Waals surface area (Å²) in [4.78, 5) is 16.8. The van der Waals surface area contributed by atoms with E-state index in [0.29, 0.717) is 20.4 Å². The number of anilines is 1.